The van der Waals surface area contributed by atoms with Crippen LogP contribution in [0.25, 0.3) is 0 Å². The molecule has 2 aliphatic rings. The number of hydrogen-bond acceptors (Lipinski definition) is 6. The Bertz CT molecular complexity index is 1080. The topological polar surface area (TPSA) is 108 Å². The summed E-state index contributed by atoms with van der Waals surface area (Å²) in [5, 5.41) is 12.2. The van der Waals surface area contributed by atoms with E-state index in [1.807, 2.05) is 66.4 Å². The minimum absolute atomic E-state index is 0.00884. The Labute approximate surface area is 217 Å². The van der Waals surface area contributed by atoms with Crippen LogP contribution in [-0.2, 0) is 32.1 Å². The Morgan fingerprint density at radius 2 is 1.81 bits per heavy atom. The second-order valence-electron chi connectivity index (χ2n) is 9.70. The van der Waals surface area contributed by atoms with E-state index in [2.05, 4.69) is 5.32 Å². The van der Waals surface area contributed by atoms with Crippen molar-refractivity contribution in [1.82, 2.24) is 15.1 Å². The van der Waals surface area contributed by atoms with Gasteiger partial charge in [-0.05, 0) is 29.5 Å². The molecule has 0 saturated carbocycles. The lowest BCUT2D eigenvalue weighted by Gasteiger charge is -2.38. The molecule has 0 aliphatic carbocycles. The number of likely N-dealkylation sites (tertiary alicyclic amines) is 1. The predicted octanol–water partition coefficient (Wildman–Crippen LogP) is 3.20. The molecule has 3 unspecified atom stereocenters. The van der Waals surface area contributed by atoms with Gasteiger partial charge in [-0.3, -0.25) is 14.5 Å². The lowest BCUT2D eigenvalue weighted by molar-refractivity contribution is -0.137. The normalized spacial score (nSPS) is 21.6. The third kappa shape index (κ3) is 7.30. The van der Waals surface area contributed by atoms with Crippen LogP contribution in [0.3, 0.4) is 0 Å². The van der Waals surface area contributed by atoms with Crippen molar-refractivity contribution in [2.45, 2.75) is 45.1 Å². The van der Waals surface area contributed by atoms with Crippen LogP contribution in [0, 0.1) is 5.92 Å². The molecule has 1 saturated heterocycles. The van der Waals surface area contributed by atoms with Gasteiger partial charge in [0.15, 0.2) is 0 Å². The molecule has 2 aromatic rings. The van der Waals surface area contributed by atoms with Crippen molar-refractivity contribution in [2.75, 3.05) is 32.8 Å². The minimum Gasteiger partial charge on any atom is -0.481 e. The number of carboxylic acids is 1. The fraction of sp³-hybridized carbons (Fsp3) is 0.464. The van der Waals surface area contributed by atoms with Gasteiger partial charge in [-0.15, -0.1) is 0 Å². The fourth-order valence-corrected chi connectivity index (χ4v) is 4.99. The van der Waals surface area contributed by atoms with E-state index >= 15 is 0 Å². The van der Waals surface area contributed by atoms with Gasteiger partial charge in [-0.25, -0.2) is 4.79 Å². The van der Waals surface area contributed by atoms with Crippen LogP contribution in [0.1, 0.15) is 42.6 Å². The van der Waals surface area contributed by atoms with Gasteiger partial charge in [-0.2, -0.15) is 0 Å². The number of carbonyl (C=O) groups is 3. The first kappa shape index (κ1) is 26.6. The average molecular weight is 510 g/mol. The van der Waals surface area contributed by atoms with Crippen molar-refractivity contribution in [3.8, 4) is 0 Å². The summed E-state index contributed by atoms with van der Waals surface area (Å²) in [7, 11) is 0. The molecule has 37 heavy (non-hydrogen) atoms. The summed E-state index contributed by atoms with van der Waals surface area (Å²) >= 11 is 0. The van der Waals surface area contributed by atoms with Gasteiger partial charge < -0.3 is 24.8 Å². The van der Waals surface area contributed by atoms with E-state index in [0.717, 1.165) is 23.1 Å². The summed E-state index contributed by atoms with van der Waals surface area (Å²) in [6.45, 7) is 4.17. The van der Waals surface area contributed by atoms with Gasteiger partial charge in [-0.1, -0.05) is 61.5 Å². The lowest BCUT2D eigenvalue weighted by atomic mass is 9.96. The van der Waals surface area contributed by atoms with Gasteiger partial charge in [0.25, 0.3) is 0 Å². The highest BCUT2D eigenvalue weighted by molar-refractivity contribution is 5.77. The highest BCUT2D eigenvalue weighted by Gasteiger charge is 2.32. The van der Waals surface area contributed by atoms with Crippen molar-refractivity contribution in [3.63, 3.8) is 0 Å². The first-order chi connectivity index (χ1) is 17.9. The third-order valence-corrected chi connectivity index (χ3v) is 7.01. The Hall–Kier alpha value is -3.43. The number of carboxylic acid groups (broad SMARTS) is 1. The fourth-order valence-electron chi connectivity index (χ4n) is 4.99. The Morgan fingerprint density at radius 1 is 1.05 bits per heavy atom. The molecule has 2 amide bonds. The maximum atomic E-state index is 12.9. The number of aliphatic carboxylic acids is 1. The van der Waals surface area contributed by atoms with Gasteiger partial charge in [0.05, 0.1) is 12.5 Å². The summed E-state index contributed by atoms with van der Waals surface area (Å²) < 4.78 is 11.4. The van der Waals surface area contributed by atoms with Gasteiger partial charge in [0.2, 0.25) is 5.91 Å². The number of hydrogen-bond donors (Lipinski definition) is 2. The molecule has 2 aliphatic heterocycles. The van der Waals surface area contributed by atoms with Crippen LogP contribution >= 0.6 is 0 Å². The second kappa shape index (κ2) is 12.7. The van der Waals surface area contributed by atoms with Crippen LogP contribution in [0.2, 0.25) is 0 Å². The number of fused-ring (bicyclic) bond motifs is 1. The Balaban J connectivity index is 1.26. The number of rotatable bonds is 9. The van der Waals surface area contributed by atoms with Gasteiger partial charge in [0.1, 0.15) is 19.4 Å². The maximum Gasteiger partial charge on any atom is 0.410 e. The maximum absolute atomic E-state index is 12.9. The van der Waals surface area contributed by atoms with Crippen LogP contribution < -0.4 is 5.32 Å². The van der Waals surface area contributed by atoms with Gasteiger partial charge in [0, 0.05) is 32.1 Å². The standard InChI is InChI=1S/C28H35N3O6/c1-20-17-31(28(35)37-18-21-7-3-2-4-8-21)15-12-24(20)36-19-25(32)29-27-23-10-6-5-9-22(23)11-14-30(27)16-13-26(33)34/h2-10,20,24,27H,11-19H2,1H3,(H,29,32)(H,33,34). The molecule has 0 radical (unpaired) electrons. The second-order valence-corrected chi connectivity index (χ2v) is 9.70. The number of nitrogens with zero attached hydrogens (tertiary/aromatic N) is 2. The molecule has 9 heteroatoms. The summed E-state index contributed by atoms with van der Waals surface area (Å²) in [6, 6.07) is 17.5. The zero-order chi connectivity index (χ0) is 26.2. The number of piperidine rings is 1. The smallest absolute Gasteiger partial charge is 0.410 e. The molecule has 2 aromatic carbocycles. The van der Waals surface area contributed by atoms with E-state index in [1.165, 1.54) is 0 Å². The molecule has 2 heterocycles. The van der Waals surface area contributed by atoms with E-state index in [0.29, 0.717) is 32.6 Å². The monoisotopic (exact) mass is 509 g/mol. The average Bonchev–Trinajstić information content (AvgIpc) is 2.91. The Kier molecular flexibility index (Phi) is 9.14. The number of ether oxygens (including phenoxy) is 2. The molecule has 0 aromatic heterocycles. The number of nitrogens with one attached hydrogen (secondary N) is 1. The van der Waals surface area contributed by atoms with Crippen molar-refractivity contribution in [2.24, 2.45) is 5.92 Å². The molecule has 4 rings (SSSR count). The van der Waals surface area contributed by atoms with Crippen LogP contribution in [0.15, 0.2) is 54.6 Å². The summed E-state index contributed by atoms with van der Waals surface area (Å²) in [5.41, 5.74) is 3.08. The summed E-state index contributed by atoms with van der Waals surface area (Å²) in [6.07, 6.45) is 0.553. The molecule has 1 fully saturated rings. The molecule has 2 N–H and O–H groups in total. The molecular weight excluding hydrogens is 474 g/mol. The van der Waals surface area contributed by atoms with Crippen molar-refractivity contribution in [1.29, 1.82) is 0 Å². The van der Waals surface area contributed by atoms with E-state index in [4.69, 9.17) is 14.6 Å². The lowest BCUT2D eigenvalue weighted by Crippen LogP contribution is -2.48. The van der Waals surface area contributed by atoms with E-state index in [-0.39, 0.29) is 49.8 Å². The number of benzene rings is 2. The molecule has 3 atom stereocenters. The number of carbonyl (C=O) groups excluding carboxylic acids is 2. The van der Waals surface area contributed by atoms with E-state index in [1.54, 1.807) is 4.90 Å². The third-order valence-electron chi connectivity index (χ3n) is 7.01. The molecular formula is C28H35N3O6. The highest BCUT2D eigenvalue weighted by Crippen LogP contribution is 2.28. The Morgan fingerprint density at radius 3 is 2.57 bits per heavy atom. The van der Waals surface area contributed by atoms with Crippen molar-refractivity contribution < 1.29 is 29.0 Å². The van der Waals surface area contributed by atoms with Crippen LogP contribution in [-0.4, -0.2) is 71.8 Å². The van der Waals surface area contributed by atoms with Crippen LogP contribution in [0.5, 0.6) is 0 Å². The van der Waals surface area contributed by atoms with E-state index < -0.39 is 5.97 Å². The quantitative estimate of drug-likeness (QED) is 0.534. The van der Waals surface area contributed by atoms with Gasteiger partial charge >= 0.3 is 12.1 Å². The summed E-state index contributed by atoms with van der Waals surface area (Å²) in [5.74, 6) is -1.07. The minimum atomic E-state index is -0.864. The first-order valence-corrected chi connectivity index (χ1v) is 12.8. The predicted molar refractivity (Wildman–Crippen MR) is 137 cm³/mol. The van der Waals surface area contributed by atoms with E-state index in [9.17, 15) is 14.4 Å². The van der Waals surface area contributed by atoms with Crippen molar-refractivity contribution in [3.05, 3.63) is 71.3 Å². The van der Waals surface area contributed by atoms with Crippen LogP contribution in [0.4, 0.5) is 4.79 Å². The molecule has 0 bridgehead atoms. The molecule has 9 nitrogen and oxygen atoms in total. The highest BCUT2D eigenvalue weighted by atomic mass is 16.6. The largest absolute Gasteiger partial charge is 0.481 e. The zero-order valence-electron chi connectivity index (χ0n) is 21.2. The molecule has 0 spiro atoms. The SMILES string of the molecule is CC1CN(C(=O)OCc2ccccc2)CCC1OCC(=O)NC1c2ccccc2CCN1CCC(=O)O. The zero-order valence-corrected chi connectivity index (χ0v) is 21.2. The molecule has 198 valence electrons. The first-order valence-electron chi connectivity index (χ1n) is 12.8. The number of amides is 2. The van der Waals surface area contributed by atoms with Crippen molar-refractivity contribution >= 4 is 18.0 Å². The summed E-state index contributed by atoms with van der Waals surface area (Å²) in [4.78, 5) is 40.2.